The van der Waals surface area contributed by atoms with Crippen LogP contribution in [0.15, 0.2) is 72.8 Å². The molecule has 9 rings (SSSR count). The van der Waals surface area contributed by atoms with Crippen LogP contribution >= 0.6 is 0 Å². The largest absolute Gasteiger partial charge is 0.472 e. The maximum Gasteiger partial charge on any atom is 0.408 e. The predicted molar refractivity (Wildman–Crippen MR) is 217 cm³/mol. The van der Waals surface area contributed by atoms with Crippen LogP contribution in [0.2, 0.25) is 0 Å². The second kappa shape index (κ2) is 15.9. The summed E-state index contributed by atoms with van der Waals surface area (Å²) in [6, 6.07) is 17.0. The van der Waals surface area contributed by atoms with Crippen molar-refractivity contribution in [2.24, 2.45) is 5.92 Å². The molecular weight excluding hydrogens is 775 g/mol. The minimum absolute atomic E-state index is 0.0172. The highest BCUT2D eigenvalue weighted by atomic mass is 32.2. The lowest BCUT2D eigenvalue weighted by Gasteiger charge is -2.30. The van der Waals surface area contributed by atoms with Gasteiger partial charge in [0.05, 0.1) is 23.0 Å². The standard InChI is InChI=1S/C43H49N7O8S/c51-39-36-23-30(57-37-24-35(27-13-5-4-6-14-27)44-38-32-18-11-12-19-33(32)47-50(37)38)26-49(36)40(52)34(45-42(54)58-29-16-9-10-17-29)20-8-3-1-2-7-15-28-25-43(28,46-39)41(53)48-59(55,56)31-21-22-31/h4-7,11-15,18-19,24,28-31,34,36H,1-3,8-10,16-17,20-23,25-26H2,(H,45,54)(H,46,51)(H,48,53)/b15-7-/t28-,30-,34+,36+,43-/m1/s1. The third kappa shape index (κ3) is 8.10. The number of hydrogen-bond acceptors (Lipinski definition) is 10. The summed E-state index contributed by atoms with van der Waals surface area (Å²) < 4.78 is 42.2. The molecule has 1 saturated heterocycles. The van der Waals surface area contributed by atoms with Gasteiger partial charge < -0.3 is 25.0 Å². The Morgan fingerprint density at radius 2 is 1.66 bits per heavy atom. The van der Waals surface area contributed by atoms with Crippen molar-refractivity contribution in [1.29, 1.82) is 0 Å². The van der Waals surface area contributed by atoms with Gasteiger partial charge in [0.2, 0.25) is 27.7 Å². The number of carbonyl (C=O) groups is 4. The van der Waals surface area contributed by atoms with Gasteiger partial charge in [0, 0.05) is 29.4 Å². The Bertz CT molecular complexity index is 2410. The Hall–Kier alpha value is -5.51. The van der Waals surface area contributed by atoms with Crippen LogP contribution < -0.4 is 20.1 Å². The average Bonchev–Trinajstić information content (AvgIpc) is 4.04. The first-order chi connectivity index (χ1) is 28.6. The van der Waals surface area contributed by atoms with Gasteiger partial charge in [-0.15, -0.1) is 0 Å². The first kappa shape index (κ1) is 39.0. The molecule has 4 fully saturated rings. The average molecular weight is 824 g/mol. The number of carbonyl (C=O) groups excluding carboxylic acids is 4. The fourth-order valence-corrected chi connectivity index (χ4v) is 10.2. The minimum atomic E-state index is -3.90. The molecule has 3 N–H and O–H groups in total. The van der Waals surface area contributed by atoms with Crippen molar-refractivity contribution in [2.75, 3.05) is 6.54 Å². The van der Waals surface area contributed by atoms with Crippen molar-refractivity contribution in [1.82, 2.24) is 34.9 Å². The molecule has 15 nitrogen and oxygen atoms in total. The van der Waals surface area contributed by atoms with Gasteiger partial charge in [-0.3, -0.25) is 19.1 Å². The maximum absolute atomic E-state index is 14.7. The van der Waals surface area contributed by atoms with Crippen LogP contribution in [0.3, 0.4) is 0 Å². The van der Waals surface area contributed by atoms with Crippen LogP contribution in [-0.4, -0.2) is 93.4 Å². The van der Waals surface area contributed by atoms with Crippen molar-refractivity contribution in [3.63, 3.8) is 0 Å². The van der Waals surface area contributed by atoms with Crippen molar-refractivity contribution in [2.45, 2.75) is 119 Å². The number of allylic oxidation sites excluding steroid dienone is 1. The van der Waals surface area contributed by atoms with E-state index in [9.17, 15) is 27.6 Å². The molecule has 0 radical (unpaired) electrons. The van der Waals surface area contributed by atoms with E-state index in [1.165, 1.54) is 4.90 Å². The zero-order chi connectivity index (χ0) is 40.7. The lowest BCUT2D eigenvalue weighted by Crippen LogP contribution is -2.58. The second-order valence-electron chi connectivity index (χ2n) is 16.6. The Morgan fingerprint density at radius 3 is 2.46 bits per heavy atom. The lowest BCUT2D eigenvalue weighted by atomic mass is 10.0. The fourth-order valence-electron chi connectivity index (χ4n) is 8.80. The molecule has 0 bridgehead atoms. The first-order valence-corrected chi connectivity index (χ1v) is 22.5. The van der Waals surface area contributed by atoms with Gasteiger partial charge >= 0.3 is 6.09 Å². The molecular formula is C43H49N7O8S. The van der Waals surface area contributed by atoms with Crippen LogP contribution in [-0.2, 0) is 29.1 Å². The summed E-state index contributed by atoms with van der Waals surface area (Å²) in [5, 5.41) is 10.7. The van der Waals surface area contributed by atoms with Gasteiger partial charge in [-0.25, -0.2) is 18.2 Å². The molecule has 5 atom stereocenters. The summed E-state index contributed by atoms with van der Waals surface area (Å²) in [5.74, 6) is -1.94. The van der Waals surface area contributed by atoms with Gasteiger partial charge in [-0.05, 0) is 76.3 Å². The van der Waals surface area contributed by atoms with E-state index in [2.05, 4.69) is 15.4 Å². The summed E-state index contributed by atoms with van der Waals surface area (Å²) in [6.45, 7) is -0.0172. The molecule has 4 heterocycles. The van der Waals surface area contributed by atoms with Crippen molar-refractivity contribution in [3.8, 4) is 17.1 Å². The number of benzene rings is 2. The van der Waals surface area contributed by atoms with E-state index in [0.717, 1.165) is 49.5 Å². The number of alkyl carbamates (subject to hydrolysis) is 1. The molecule has 4 aromatic rings. The highest BCUT2D eigenvalue weighted by Crippen LogP contribution is 2.46. The molecule has 59 heavy (non-hydrogen) atoms. The highest BCUT2D eigenvalue weighted by Gasteiger charge is 2.62. The number of sulfonamides is 1. The highest BCUT2D eigenvalue weighted by molar-refractivity contribution is 7.91. The monoisotopic (exact) mass is 823 g/mol. The van der Waals surface area contributed by atoms with E-state index >= 15 is 0 Å². The SMILES string of the molecule is O=C(N[C@H]1CCCCC/C=C\[C@@H]2C[C@@]2(C(=O)NS(=O)(=O)C2CC2)NC(=O)[C@@H]2C[C@@H](Oc3cc(-c4ccccc4)nc4c5ccccc5nn34)CN2C1=O)OC1CCCC1. The van der Waals surface area contributed by atoms with Gasteiger partial charge in [0.1, 0.15) is 29.8 Å². The number of fused-ring (bicyclic) bond motifs is 5. The molecule has 3 saturated carbocycles. The lowest BCUT2D eigenvalue weighted by molar-refractivity contribution is -0.141. The zero-order valence-electron chi connectivity index (χ0n) is 32.8. The van der Waals surface area contributed by atoms with Crippen LogP contribution in [0.4, 0.5) is 4.79 Å². The second-order valence-corrected chi connectivity index (χ2v) is 18.6. The van der Waals surface area contributed by atoms with Gasteiger partial charge in [-0.1, -0.05) is 67.5 Å². The van der Waals surface area contributed by atoms with Gasteiger partial charge in [0.25, 0.3) is 5.91 Å². The minimum Gasteiger partial charge on any atom is -0.472 e. The number of amides is 4. The predicted octanol–water partition coefficient (Wildman–Crippen LogP) is 4.94. The first-order valence-electron chi connectivity index (χ1n) is 20.9. The smallest absolute Gasteiger partial charge is 0.408 e. The molecule has 2 aliphatic heterocycles. The summed E-state index contributed by atoms with van der Waals surface area (Å²) in [5.41, 5.74) is 1.28. The molecule has 0 spiro atoms. The topological polar surface area (TPSA) is 190 Å². The van der Waals surface area contributed by atoms with Gasteiger partial charge in [0.15, 0.2) is 5.65 Å². The fraction of sp³-hybridized carbons (Fsp3) is 0.488. The molecule has 2 aromatic heterocycles. The molecule has 0 unspecified atom stereocenters. The molecule has 5 aliphatic rings. The van der Waals surface area contributed by atoms with E-state index in [4.69, 9.17) is 19.6 Å². The Morgan fingerprint density at radius 1 is 0.898 bits per heavy atom. The van der Waals surface area contributed by atoms with Crippen molar-refractivity contribution in [3.05, 3.63) is 72.8 Å². The van der Waals surface area contributed by atoms with E-state index in [0.29, 0.717) is 54.8 Å². The van der Waals surface area contributed by atoms with E-state index in [-0.39, 0.29) is 25.5 Å². The van der Waals surface area contributed by atoms with E-state index in [1.54, 1.807) is 10.6 Å². The number of hydrogen-bond donors (Lipinski definition) is 3. The number of nitrogens with one attached hydrogen (secondary N) is 3. The van der Waals surface area contributed by atoms with E-state index in [1.807, 2.05) is 66.7 Å². The van der Waals surface area contributed by atoms with Crippen LogP contribution in [0, 0.1) is 5.92 Å². The van der Waals surface area contributed by atoms with Crippen LogP contribution in [0.25, 0.3) is 27.8 Å². The Balaban J connectivity index is 1.05. The third-order valence-corrected chi connectivity index (χ3v) is 14.1. The number of aromatic nitrogens is 3. The summed E-state index contributed by atoms with van der Waals surface area (Å²) in [6.07, 6.45) is 10.2. The maximum atomic E-state index is 14.7. The number of nitrogens with zero attached hydrogens (tertiary/aromatic N) is 4. The Kier molecular flexibility index (Phi) is 10.5. The molecule has 16 heteroatoms. The molecule has 2 aromatic carbocycles. The van der Waals surface area contributed by atoms with E-state index < -0.39 is 68.7 Å². The van der Waals surface area contributed by atoms with Crippen LogP contribution in [0.1, 0.15) is 83.5 Å². The van der Waals surface area contributed by atoms with Crippen molar-refractivity contribution >= 4 is 50.4 Å². The molecule has 310 valence electrons. The van der Waals surface area contributed by atoms with Gasteiger partial charge in [-0.2, -0.15) is 9.61 Å². The third-order valence-electron chi connectivity index (χ3n) is 12.3. The Labute approximate surface area is 342 Å². The zero-order valence-corrected chi connectivity index (χ0v) is 33.6. The quantitative estimate of drug-likeness (QED) is 0.205. The number of rotatable bonds is 8. The van der Waals surface area contributed by atoms with Crippen molar-refractivity contribution < 1.29 is 37.1 Å². The summed E-state index contributed by atoms with van der Waals surface area (Å²) >= 11 is 0. The normalized spacial score (nSPS) is 27.2. The summed E-state index contributed by atoms with van der Waals surface area (Å²) in [7, 11) is -3.90. The molecule has 3 aliphatic carbocycles. The molecule has 4 amide bonds. The number of ether oxygens (including phenoxy) is 2. The summed E-state index contributed by atoms with van der Waals surface area (Å²) in [4.78, 5) is 62.8. The van der Waals surface area contributed by atoms with Crippen LogP contribution in [0.5, 0.6) is 5.88 Å².